The Morgan fingerprint density at radius 3 is 2.61 bits per heavy atom. The van der Waals surface area contributed by atoms with Gasteiger partial charge in [0.1, 0.15) is 0 Å². The first-order valence-corrected chi connectivity index (χ1v) is 7.96. The van der Waals surface area contributed by atoms with Crippen LogP contribution in [0.1, 0.15) is 16.7 Å². The van der Waals surface area contributed by atoms with Crippen LogP contribution >= 0.6 is 0 Å². The van der Waals surface area contributed by atoms with Crippen molar-refractivity contribution < 1.29 is 4.74 Å². The highest BCUT2D eigenvalue weighted by atomic mass is 16.5. The van der Waals surface area contributed by atoms with Crippen LogP contribution in [0.15, 0.2) is 36.7 Å². The Hall–Kier alpha value is -1.98. The molecule has 5 nitrogen and oxygen atoms in total. The predicted octanol–water partition coefficient (Wildman–Crippen LogP) is 1.97. The molecular weight excluding hydrogens is 288 g/mol. The lowest BCUT2D eigenvalue weighted by Gasteiger charge is -2.36. The van der Waals surface area contributed by atoms with Crippen LogP contribution in [0.3, 0.4) is 0 Å². The van der Waals surface area contributed by atoms with E-state index in [0.29, 0.717) is 12.1 Å². The number of hydrogen-bond donors (Lipinski definition) is 0. The fraction of sp³-hybridized carbons (Fsp3) is 0.444. The lowest BCUT2D eigenvalue weighted by atomic mass is 9.94. The Labute approximate surface area is 137 Å². The second-order valence-electron chi connectivity index (χ2n) is 6.32. The van der Waals surface area contributed by atoms with Gasteiger partial charge in [0.2, 0.25) is 0 Å². The highest BCUT2D eigenvalue weighted by molar-refractivity contribution is 5.30. The minimum atomic E-state index is 0.417. The summed E-state index contributed by atoms with van der Waals surface area (Å²) in [6, 6.07) is 9.71. The molecule has 23 heavy (non-hydrogen) atoms. The smallest absolute Gasteiger partial charge is 0.316 e. The Morgan fingerprint density at radius 2 is 1.91 bits per heavy atom. The maximum atomic E-state index is 5.00. The van der Waals surface area contributed by atoms with E-state index in [2.05, 4.69) is 58.1 Å². The van der Waals surface area contributed by atoms with Gasteiger partial charge in [-0.3, -0.25) is 4.90 Å². The second kappa shape index (κ2) is 7.06. The molecule has 2 aromatic rings. The Morgan fingerprint density at radius 1 is 1.22 bits per heavy atom. The van der Waals surface area contributed by atoms with Crippen molar-refractivity contribution in [2.45, 2.75) is 25.6 Å². The fourth-order valence-electron chi connectivity index (χ4n) is 3.19. The summed E-state index contributed by atoms with van der Waals surface area (Å²) < 4.78 is 5.00. The molecule has 5 heteroatoms. The molecule has 2 heterocycles. The Kier molecular flexibility index (Phi) is 4.88. The number of rotatable bonds is 5. The minimum Gasteiger partial charge on any atom is -0.467 e. The molecule has 1 atom stereocenters. The Balaban J connectivity index is 1.60. The molecule has 1 unspecified atom stereocenters. The number of likely N-dealkylation sites (N-methyl/N-ethyl adjacent to an activating group) is 2. The number of aromatic nitrogens is 2. The van der Waals surface area contributed by atoms with Crippen molar-refractivity contribution >= 4 is 0 Å². The molecule has 0 fully saturated rings. The standard InChI is InChI=1S/C18H24N4O/c1-21(11-14-9-19-18(23-3)20-10-14)13-17-8-15-6-4-5-7-16(15)12-22(17)2/h4-7,9-10,17H,8,11-13H2,1-3H3. The average Bonchev–Trinajstić information content (AvgIpc) is 2.56. The average molecular weight is 312 g/mol. The SMILES string of the molecule is COc1ncc(CN(C)CC2Cc3ccccc3CN2C)cn1. The van der Waals surface area contributed by atoms with E-state index < -0.39 is 0 Å². The van der Waals surface area contributed by atoms with Crippen LogP contribution in [0.4, 0.5) is 0 Å². The molecule has 1 aliphatic heterocycles. The van der Waals surface area contributed by atoms with Crippen molar-refractivity contribution in [1.29, 1.82) is 0 Å². The fourth-order valence-corrected chi connectivity index (χ4v) is 3.19. The summed E-state index contributed by atoms with van der Waals surface area (Å²) in [5.74, 6) is 0. The quantitative estimate of drug-likeness (QED) is 0.844. The molecule has 0 spiro atoms. The number of methoxy groups -OCH3 is 1. The molecule has 0 saturated heterocycles. The third-order valence-electron chi connectivity index (χ3n) is 4.46. The summed E-state index contributed by atoms with van der Waals surface area (Å²) in [5, 5.41) is 0. The molecule has 0 aliphatic carbocycles. The van der Waals surface area contributed by atoms with E-state index in [9.17, 15) is 0 Å². The molecule has 1 aromatic carbocycles. The zero-order chi connectivity index (χ0) is 16.2. The molecular formula is C18H24N4O. The first-order valence-electron chi connectivity index (χ1n) is 7.96. The third kappa shape index (κ3) is 3.86. The molecule has 0 amide bonds. The first kappa shape index (κ1) is 15.9. The van der Waals surface area contributed by atoms with Crippen LogP contribution in [-0.2, 0) is 19.5 Å². The maximum absolute atomic E-state index is 5.00. The van der Waals surface area contributed by atoms with E-state index in [1.165, 1.54) is 11.1 Å². The van der Waals surface area contributed by atoms with Crippen molar-refractivity contribution in [3.63, 3.8) is 0 Å². The molecule has 0 bridgehead atoms. The molecule has 0 saturated carbocycles. The van der Waals surface area contributed by atoms with Gasteiger partial charge < -0.3 is 9.64 Å². The van der Waals surface area contributed by atoms with Gasteiger partial charge in [-0.2, -0.15) is 0 Å². The highest BCUT2D eigenvalue weighted by Crippen LogP contribution is 2.22. The Bertz CT molecular complexity index is 644. The van der Waals surface area contributed by atoms with E-state index in [1.54, 1.807) is 7.11 Å². The lowest BCUT2D eigenvalue weighted by Crippen LogP contribution is -2.44. The van der Waals surface area contributed by atoms with Crippen molar-refractivity contribution in [1.82, 2.24) is 19.8 Å². The highest BCUT2D eigenvalue weighted by Gasteiger charge is 2.24. The number of hydrogen-bond acceptors (Lipinski definition) is 5. The van der Waals surface area contributed by atoms with Gasteiger partial charge in [0, 0.05) is 43.6 Å². The number of benzene rings is 1. The molecule has 122 valence electrons. The number of nitrogens with zero attached hydrogens (tertiary/aromatic N) is 4. The second-order valence-corrected chi connectivity index (χ2v) is 6.32. The maximum Gasteiger partial charge on any atom is 0.316 e. The van der Waals surface area contributed by atoms with E-state index >= 15 is 0 Å². The van der Waals surface area contributed by atoms with Crippen LogP contribution in [0.2, 0.25) is 0 Å². The largest absolute Gasteiger partial charge is 0.467 e. The van der Waals surface area contributed by atoms with Gasteiger partial charge in [0.25, 0.3) is 0 Å². The van der Waals surface area contributed by atoms with Crippen LogP contribution in [0, 0.1) is 0 Å². The summed E-state index contributed by atoms with van der Waals surface area (Å²) in [6.07, 6.45) is 4.78. The lowest BCUT2D eigenvalue weighted by molar-refractivity contribution is 0.158. The van der Waals surface area contributed by atoms with E-state index in [1.807, 2.05) is 12.4 Å². The number of ether oxygens (including phenoxy) is 1. The third-order valence-corrected chi connectivity index (χ3v) is 4.46. The van der Waals surface area contributed by atoms with Crippen LogP contribution in [0.5, 0.6) is 6.01 Å². The minimum absolute atomic E-state index is 0.417. The summed E-state index contributed by atoms with van der Waals surface area (Å²) >= 11 is 0. The van der Waals surface area contributed by atoms with Crippen molar-refractivity contribution in [2.24, 2.45) is 0 Å². The summed E-state index contributed by atoms with van der Waals surface area (Å²) in [6.45, 7) is 2.90. The van der Waals surface area contributed by atoms with Crippen LogP contribution in [-0.4, -0.2) is 53.6 Å². The van der Waals surface area contributed by atoms with E-state index in [4.69, 9.17) is 4.74 Å². The number of fused-ring (bicyclic) bond motifs is 1. The normalized spacial score (nSPS) is 18.0. The monoisotopic (exact) mass is 312 g/mol. The first-order chi connectivity index (χ1) is 11.2. The van der Waals surface area contributed by atoms with Gasteiger partial charge in [-0.15, -0.1) is 0 Å². The van der Waals surface area contributed by atoms with Crippen LogP contribution < -0.4 is 4.74 Å². The molecule has 3 rings (SSSR count). The van der Waals surface area contributed by atoms with Crippen molar-refractivity contribution in [2.75, 3.05) is 27.7 Å². The van der Waals surface area contributed by atoms with Crippen molar-refractivity contribution in [3.8, 4) is 6.01 Å². The van der Waals surface area contributed by atoms with Crippen LogP contribution in [0.25, 0.3) is 0 Å². The van der Waals surface area contributed by atoms with E-state index in [-0.39, 0.29) is 0 Å². The topological polar surface area (TPSA) is 41.5 Å². The zero-order valence-electron chi connectivity index (χ0n) is 14.1. The van der Waals surface area contributed by atoms with Gasteiger partial charge in [-0.1, -0.05) is 24.3 Å². The molecule has 1 aromatic heterocycles. The van der Waals surface area contributed by atoms with Crippen molar-refractivity contribution in [3.05, 3.63) is 53.3 Å². The summed E-state index contributed by atoms with van der Waals surface area (Å²) in [4.78, 5) is 13.1. The van der Waals surface area contributed by atoms with Gasteiger partial charge in [0.15, 0.2) is 0 Å². The molecule has 0 radical (unpaired) electrons. The van der Waals surface area contributed by atoms with Gasteiger partial charge in [-0.05, 0) is 31.6 Å². The predicted molar refractivity (Wildman–Crippen MR) is 90.3 cm³/mol. The molecule has 1 aliphatic rings. The van der Waals surface area contributed by atoms with Gasteiger partial charge in [-0.25, -0.2) is 9.97 Å². The summed E-state index contributed by atoms with van der Waals surface area (Å²) in [7, 11) is 5.95. The zero-order valence-corrected chi connectivity index (χ0v) is 14.1. The summed E-state index contributed by atoms with van der Waals surface area (Å²) in [5.41, 5.74) is 4.04. The molecule has 0 N–H and O–H groups in total. The van der Waals surface area contributed by atoms with Gasteiger partial charge in [0.05, 0.1) is 7.11 Å². The van der Waals surface area contributed by atoms with E-state index in [0.717, 1.165) is 31.6 Å². The van der Waals surface area contributed by atoms with Gasteiger partial charge >= 0.3 is 6.01 Å².